The maximum absolute atomic E-state index is 6.32. The van der Waals surface area contributed by atoms with Crippen molar-refractivity contribution in [3.63, 3.8) is 0 Å². The molecule has 1 saturated heterocycles. The lowest BCUT2D eigenvalue weighted by Gasteiger charge is -2.21. The number of alkyl halides is 1. The highest BCUT2D eigenvalue weighted by Gasteiger charge is 2.38. The molecule has 15 heavy (non-hydrogen) atoms. The molecule has 1 aliphatic heterocycles. The zero-order valence-electron chi connectivity index (χ0n) is 8.87. The molecule has 1 aromatic rings. The normalized spacial score (nSPS) is 24.5. The first kappa shape index (κ1) is 11.2. The fourth-order valence-corrected chi connectivity index (χ4v) is 2.61. The Hall–Kier alpha value is -0.280. The molecule has 2 nitrogen and oxygen atoms in total. The third-order valence-corrected chi connectivity index (χ3v) is 4.21. The third kappa shape index (κ3) is 2.13. The maximum Gasteiger partial charge on any atom is 0.142 e. The Balaban J connectivity index is 2.25. The summed E-state index contributed by atoms with van der Waals surface area (Å²) in [6, 6.07) is 3.93. The van der Waals surface area contributed by atoms with Gasteiger partial charge in [0.05, 0.1) is 9.85 Å². The number of nitrogens with zero attached hydrogens (tertiary/aromatic N) is 2. The molecule has 2 rings (SSSR count). The predicted molar refractivity (Wildman–Crippen MR) is 67.6 cm³/mol. The van der Waals surface area contributed by atoms with Gasteiger partial charge in [-0.1, -0.05) is 13.8 Å². The second-order valence-corrected chi connectivity index (χ2v) is 6.03. The zero-order valence-corrected chi connectivity index (χ0v) is 11.2. The van der Waals surface area contributed by atoms with Crippen LogP contribution >= 0.6 is 27.5 Å². The van der Waals surface area contributed by atoms with E-state index in [-0.39, 0.29) is 10.8 Å². The number of aromatic nitrogens is 1. The summed E-state index contributed by atoms with van der Waals surface area (Å²) in [6.45, 7) is 6.21. The van der Waals surface area contributed by atoms with Crippen LogP contribution in [0, 0.1) is 5.41 Å². The summed E-state index contributed by atoms with van der Waals surface area (Å²) in [5.74, 6) is 0.994. The fourth-order valence-electron chi connectivity index (χ4n) is 1.87. The highest BCUT2D eigenvalue weighted by atomic mass is 79.9. The lowest BCUT2D eigenvalue weighted by Crippen LogP contribution is -2.24. The maximum atomic E-state index is 6.32. The van der Waals surface area contributed by atoms with E-state index >= 15 is 0 Å². The largest absolute Gasteiger partial charge is 0.354 e. The first-order valence-electron chi connectivity index (χ1n) is 5.00. The minimum absolute atomic E-state index is 0.151. The average Bonchev–Trinajstić information content (AvgIpc) is 2.42. The molecule has 0 bridgehead atoms. The minimum atomic E-state index is 0.151. The van der Waals surface area contributed by atoms with Crippen LogP contribution in [0.25, 0.3) is 0 Å². The molecule has 1 unspecified atom stereocenters. The van der Waals surface area contributed by atoms with Gasteiger partial charge in [-0.05, 0) is 28.1 Å². The zero-order chi connectivity index (χ0) is 11.1. The van der Waals surface area contributed by atoms with Crippen molar-refractivity contribution in [2.75, 3.05) is 18.0 Å². The van der Waals surface area contributed by atoms with Crippen LogP contribution in [0.1, 0.15) is 13.8 Å². The highest BCUT2D eigenvalue weighted by Crippen LogP contribution is 2.37. The van der Waals surface area contributed by atoms with Crippen molar-refractivity contribution in [2.45, 2.75) is 19.2 Å². The van der Waals surface area contributed by atoms with Crippen LogP contribution in [0.4, 0.5) is 5.82 Å². The van der Waals surface area contributed by atoms with Crippen LogP contribution in [0.2, 0.25) is 0 Å². The van der Waals surface area contributed by atoms with Gasteiger partial charge in [-0.25, -0.2) is 4.98 Å². The Labute approximate surface area is 104 Å². The van der Waals surface area contributed by atoms with Crippen molar-refractivity contribution >= 4 is 33.3 Å². The molecule has 0 radical (unpaired) electrons. The fraction of sp³-hybridized carbons (Fsp3) is 0.545. The number of hydrogen-bond donors (Lipinski definition) is 0. The summed E-state index contributed by atoms with van der Waals surface area (Å²) < 4.78 is 1.03. The molecule has 1 aromatic heterocycles. The third-order valence-electron chi connectivity index (χ3n) is 2.87. The first-order valence-corrected chi connectivity index (χ1v) is 6.23. The van der Waals surface area contributed by atoms with Crippen LogP contribution in [-0.2, 0) is 0 Å². The Morgan fingerprint density at radius 1 is 1.60 bits per heavy atom. The van der Waals surface area contributed by atoms with Gasteiger partial charge in [0.25, 0.3) is 0 Å². The van der Waals surface area contributed by atoms with Crippen LogP contribution < -0.4 is 4.90 Å². The smallest absolute Gasteiger partial charge is 0.142 e. The molecule has 0 aliphatic carbocycles. The van der Waals surface area contributed by atoms with Gasteiger partial charge in [0, 0.05) is 24.7 Å². The predicted octanol–water partition coefficient (Wildman–Crippen LogP) is 3.30. The molecule has 2 heterocycles. The number of pyridine rings is 1. The molecule has 1 aliphatic rings. The van der Waals surface area contributed by atoms with Gasteiger partial charge < -0.3 is 4.90 Å². The average molecular weight is 290 g/mol. The monoisotopic (exact) mass is 288 g/mol. The van der Waals surface area contributed by atoms with Crippen molar-refractivity contribution in [1.29, 1.82) is 0 Å². The second-order valence-electron chi connectivity index (χ2n) is 4.65. The Morgan fingerprint density at radius 2 is 2.33 bits per heavy atom. The Morgan fingerprint density at radius 3 is 2.87 bits per heavy atom. The van der Waals surface area contributed by atoms with Gasteiger partial charge in [-0.15, -0.1) is 11.6 Å². The summed E-state index contributed by atoms with van der Waals surface area (Å²) in [5, 5.41) is 0.186. The summed E-state index contributed by atoms with van der Waals surface area (Å²) in [7, 11) is 0. The van der Waals surface area contributed by atoms with Gasteiger partial charge in [-0.2, -0.15) is 0 Å². The molecule has 1 atom stereocenters. The van der Waals surface area contributed by atoms with E-state index in [1.165, 1.54) is 0 Å². The van der Waals surface area contributed by atoms with Gasteiger partial charge in [0.2, 0.25) is 0 Å². The van der Waals surface area contributed by atoms with Gasteiger partial charge >= 0.3 is 0 Å². The molecule has 82 valence electrons. The van der Waals surface area contributed by atoms with Gasteiger partial charge in [0.1, 0.15) is 5.82 Å². The number of anilines is 1. The Bertz CT molecular complexity index is 367. The molecule has 1 fully saturated rings. The van der Waals surface area contributed by atoms with E-state index in [1.807, 2.05) is 18.3 Å². The topological polar surface area (TPSA) is 16.1 Å². The number of rotatable bonds is 1. The summed E-state index contributed by atoms with van der Waals surface area (Å²) in [5.41, 5.74) is 0.151. The minimum Gasteiger partial charge on any atom is -0.354 e. The van der Waals surface area contributed by atoms with E-state index in [0.717, 1.165) is 23.4 Å². The van der Waals surface area contributed by atoms with E-state index in [2.05, 4.69) is 39.7 Å². The Kier molecular flexibility index (Phi) is 2.95. The van der Waals surface area contributed by atoms with E-state index in [0.29, 0.717) is 0 Å². The summed E-state index contributed by atoms with van der Waals surface area (Å²) in [6.07, 6.45) is 1.81. The van der Waals surface area contributed by atoms with Crippen LogP contribution in [-0.4, -0.2) is 23.5 Å². The standard InChI is InChI=1S/C11H14BrClN2/c1-11(2)7-15(6-9(11)13)10-8(12)4-3-5-14-10/h3-5,9H,6-7H2,1-2H3. The number of hydrogen-bond acceptors (Lipinski definition) is 2. The van der Waals surface area contributed by atoms with Crippen LogP contribution in [0.3, 0.4) is 0 Å². The lowest BCUT2D eigenvalue weighted by atomic mass is 9.92. The van der Waals surface area contributed by atoms with Crippen LogP contribution in [0.15, 0.2) is 22.8 Å². The molecule has 0 amide bonds. The molecular weight excluding hydrogens is 275 g/mol. The summed E-state index contributed by atoms with van der Waals surface area (Å²) >= 11 is 9.83. The van der Waals surface area contributed by atoms with Crippen molar-refractivity contribution < 1.29 is 0 Å². The molecule has 0 saturated carbocycles. The van der Waals surface area contributed by atoms with E-state index in [4.69, 9.17) is 11.6 Å². The van der Waals surface area contributed by atoms with Gasteiger partial charge in [-0.3, -0.25) is 0 Å². The molecule has 4 heteroatoms. The van der Waals surface area contributed by atoms with E-state index in [9.17, 15) is 0 Å². The molecule has 0 N–H and O–H groups in total. The number of halogens is 2. The van der Waals surface area contributed by atoms with E-state index < -0.39 is 0 Å². The van der Waals surface area contributed by atoms with Crippen molar-refractivity contribution in [3.8, 4) is 0 Å². The van der Waals surface area contributed by atoms with Crippen LogP contribution in [0.5, 0.6) is 0 Å². The molecule has 0 aromatic carbocycles. The summed E-state index contributed by atoms with van der Waals surface area (Å²) in [4.78, 5) is 6.62. The highest BCUT2D eigenvalue weighted by molar-refractivity contribution is 9.10. The lowest BCUT2D eigenvalue weighted by molar-refractivity contribution is 0.425. The van der Waals surface area contributed by atoms with Crippen molar-refractivity contribution in [2.24, 2.45) is 5.41 Å². The quantitative estimate of drug-likeness (QED) is 0.738. The van der Waals surface area contributed by atoms with E-state index in [1.54, 1.807) is 0 Å². The molecule has 0 spiro atoms. The van der Waals surface area contributed by atoms with Crippen molar-refractivity contribution in [3.05, 3.63) is 22.8 Å². The molecular formula is C11H14BrClN2. The van der Waals surface area contributed by atoms with Crippen molar-refractivity contribution in [1.82, 2.24) is 4.98 Å². The SMILES string of the molecule is CC1(C)CN(c2ncccc2Br)CC1Cl. The first-order chi connectivity index (χ1) is 7.00. The second kappa shape index (κ2) is 3.95. The van der Waals surface area contributed by atoms with Gasteiger partial charge in [0.15, 0.2) is 0 Å².